The van der Waals surface area contributed by atoms with E-state index in [1.165, 1.54) is 6.20 Å². The van der Waals surface area contributed by atoms with Crippen molar-refractivity contribution in [3.05, 3.63) is 29.6 Å². The monoisotopic (exact) mass is 259 g/mol. The third-order valence-electron chi connectivity index (χ3n) is 3.54. The number of alkyl halides is 3. The van der Waals surface area contributed by atoms with E-state index in [1.807, 2.05) is 0 Å². The van der Waals surface area contributed by atoms with Crippen molar-refractivity contribution in [3.8, 4) is 0 Å². The van der Waals surface area contributed by atoms with Crippen molar-refractivity contribution in [2.45, 2.75) is 50.3 Å². The van der Waals surface area contributed by atoms with Gasteiger partial charge in [-0.15, -0.1) is 0 Å². The lowest BCUT2D eigenvalue weighted by Crippen LogP contribution is -2.21. The predicted molar refractivity (Wildman–Crippen MR) is 61.1 cm³/mol. The van der Waals surface area contributed by atoms with Gasteiger partial charge in [0.15, 0.2) is 0 Å². The highest BCUT2D eigenvalue weighted by Crippen LogP contribution is 2.39. The van der Waals surface area contributed by atoms with Gasteiger partial charge in [-0.25, -0.2) is 0 Å². The van der Waals surface area contributed by atoms with E-state index in [0.717, 1.165) is 31.5 Å². The van der Waals surface area contributed by atoms with E-state index in [1.54, 1.807) is 0 Å². The van der Waals surface area contributed by atoms with Crippen molar-refractivity contribution < 1.29 is 18.3 Å². The lowest BCUT2D eigenvalue weighted by molar-refractivity contribution is -0.138. The van der Waals surface area contributed by atoms with E-state index >= 15 is 0 Å². The molecule has 1 saturated carbocycles. The summed E-state index contributed by atoms with van der Waals surface area (Å²) in [6, 6.07) is 0.993. The highest BCUT2D eigenvalue weighted by Gasteiger charge is 2.37. The van der Waals surface area contributed by atoms with Crippen LogP contribution in [-0.4, -0.2) is 16.2 Å². The first-order valence-corrected chi connectivity index (χ1v) is 6.19. The van der Waals surface area contributed by atoms with Crippen LogP contribution >= 0.6 is 0 Å². The van der Waals surface area contributed by atoms with Crippen LogP contribution in [0.15, 0.2) is 18.5 Å². The molecule has 0 amide bonds. The molecule has 0 aromatic carbocycles. The van der Waals surface area contributed by atoms with Gasteiger partial charge in [-0.3, -0.25) is 4.98 Å². The summed E-state index contributed by atoms with van der Waals surface area (Å²) in [6.45, 7) is 0. The van der Waals surface area contributed by atoms with E-state index in [9.17, 15) is 18.3 Å². The van der Waals surface area contributed by atoms with Crippen molar-refractivity contribution in [2.24, 2.45) is 0 Å². The molecular formula is C13H16F3NO. The molecule has 0 saturated heterocycles. The van der Waals surface area contributed by atoms with E-state index in [-0.39, 0.29) is 5.56 Å². The van der Waals surface area contributed by atoms with Gasteiger partial charge in [-0.1, -0.05) is 19.3 Å². The fourth-order valence-corrected chi connectivity index (χ4v) is 2.61. The first kappa shape index (κ1) is 13.3. The summed E-state index contributed by atoms with van der Waals surface area (Å²) in [7, 11) is 0. The molecular weight excluding hydrogens is 243 g/mol. The maximum Gasteiger partial charge on any atom is 0.416 e. The summed E-state index contributed by atoms with van der Waals surface area (Å²) in [5.74, 6) is -0.446. The fourth-order valence-electron chi connectivity index (χ4n) is 2.61. The zero-order valence-electron chi connectivity index (χ0n) is 9.95. The standard InChI is InChI=1S/C13H16F3NO/c14-13(15,16)11-6-7-17-8-10(11)9-4-2-1-3-5-12(9)18/h6-9,12,18H,1-5H2. The Morgan fingerprint density at radius 2 is 1.89 bits per heavy atom. The number of pyridine rings is 1. The van der Waals surface area contributed by atoms with Crippen LogP contribution in [0.4, 0.5) is 13.2 Å². The highest BCUT2D eigenvalue weighted by atomic mass is 19.4. The Morgan fingerprint density at radius 1 is 1.17 bits per heavy atom. The topological polar surface area (TPSA) is 33.1 Å². The van der Waals surface area contributed by atoms with Crippen molar-refractivity contribution >= 4 is 0 Å². The number of hydrogen-bond donors (Lipinski definition) is 1. The van der Waals surface area contributed by atoms with Gasteiger partial charge in [0.2, 0.25) is 0 Å². The average molecular weight is 259 g/mol. The summed E-state index contributed by atoms with van der Waals surface area (Å²) in [6.07, 6.45) is 1.18. The maximum absolute atomic E-state index is 12.9. The van der Waals surface area contributed by atoms with E-state index in [2.05, 4.69) is 4.98 Å². The molecule has 1 fully saturated rings. The Kier molecular flexibility index (Phi) is 3.90. The van der Waals surface area contributed by atoms with Crippen molar-refractivity contribution in [1.29, 1.82) is 0 Å². The molecule has 0 bridgehead atoms. The molecule has 0 spiro atoms. The molecule has 5 heteroatoms. The van der Waals surface area contributed by atoms with Gasteiger partial charge in [0.25, 0.3) is 0 Å². The number of halogens is 3. The van der Waals surface area contributed by atoms with E-state index < -0.39 is 23.8 Å². The molecule has 0 aliphatic heterocycles. The third kappa shape index (κ3) is 2.83. The first-order valence-electron chi connectivity index (χ1n) is 6.19. The van der Waals surface area contributed by atoms with Crippen molar-refractivity contribution in [2.75, 3.05) is 0 Å². The molecule has 1 aromatic heterocycles. The maximum atomic E-state index is 12.9. The number of nitrogens with zero attached hydrogens (tertiary/aromatic N) is 1. The molecule has 1 aliphatic rings. The molecule has 2 nitrogen and oxygen atoms in total. The molecule has 1 heterocycles. The summed E-state index contributed by atoms with van der Waals surface area (Å²) >= 11 is 0. The fraction of sp³-hybridized carbons (Fsp3) is 0.615. The van der Waals surface area contributed by atoms with Crippen molar-refractivity contribution in [1.82, 2.24) is 4.98 Å². The quantitative estimate of drug-likeness (QED) is 0.783. The van der Waals surface area contributed by atoms with Crippen LogP contribution < -0.4 is 0 Å². The largest absolute Gasteiger partial charge is 0.416 e. The van der Waals surface area contributed by atoms with E-state index in [0.29, 0.717) is 12.8 Å². The second-order valence-electron chi connectivity index (χ2n) is 4.77. The SMILES string of the molecule is OC1CCCCCC1c1cnccc1C(F)(F)F. The van der Waals surface area contributed by atoms with Crippen molar-refractivity contribution in [3.63, 3.8) is 0 Å². The summed E-state index contributed by atoms with van der Waals surface area (Å²) in [5, 5.41) is 10.00. The first-order chi connectivity index (χ1) is 8.50. The zero-order chi connectivity index (χ0) is 13.2. The lowest BCUT2D eigenvalue weighted by atomic mass is 9.87. The molecule has 18 heavy (non-hydrogen) atoms. The van der Waals surface area contributed by atoms with Gasteiger partial charge in [0.05, 0.1) is 11.7 Å². The molecule has 2 unspecified atom stereocenters. The molecule has 1 aromatic rings. The minimum absolute atomic E-state index is 0.138. The smallest absolute Gasteiger partial charge is 0.392 e. The summed E-state index contributed by atoms with van der Waals surface area (Å²) in [5.41, 5.74) is -0.525. The molecule has 2 rings (SSSR count). The van der Waals surface area contributed by atoms with Gasteiger partial charge < -0.3 is 5.11 Å². The lowest BCUT2D eigenvalue weighted by Gasteiger charge is -2.23. The number of hydrogen-bond acceptors (Lipinski definition) is 2. The van der Waals surface area contributed by atoms with E-state index in [4.69, 9.17) is 0 Å². The Bertz CT molecular complexity index is 405. The van der Waals surface area contributed by atoms with Gasteiger partial charge in [0, 0.05) is 18.3 Å². The van der Waals surface area contributed by atoms with Crippen LogP contribution in [0.2, 0.25) is 0 Å². The van der Waals surface area contributed by atoms with Gasteiger partial charge >= 0.3 is 6.18 Å². The second kappa shape index (κ2) is 5.26. The molecule has 100 valence electrons. The number of aliphatic hydroxyl groups excluding tert-OH is 1. The zero-order valence-corrected chi connectivity index (χ0v) is 9.95. The Morgan fingerprint density at radius 3 is 2.61 bits per heavy atom. The van der Waals surface area contributed by atoms with Crippen LogP contribution in [-0.2, 0) is 6.18 Å². The van der Waals surface area contributed by atoms with Gasteiger partial charge in [0.1, 0.15) is 0 Å². The summed E-state index contributed by atoms with van der Waals surface area (Å²) in [4.78, 5) is 3.79. The Labute approximate surface area is 104 Å². The molecule has 1 N–H and O–H groups in total. The van der Waals surface area contributed by atoms with Crippen LogP contribution in [0.3, 0.4) is 0 Å². The van der Waals surface area contributed by atoms with Crippen LogP contribution in [0.1, 0.15) is 49.1 Å². The molecule has 1 aliphatic carbocycles. The molecule has 2 atom stereocenters. The minimum Gasteiger partial charge on any atom is -0.392 e. The predicted octanol–water partition coefficient (Wildman–Crippen LogP) is 3.51. The van der Waals surface area contributed by atoms with Gasteiger partial charge in [-0.05, 0) is 24.5 Å². The van der Waals surface area contributed by atoms with Crippen LogP contribution in [0, 0.1) is 0 Å². The number of rotatable bonds is 1. The third-order valence-corrected chi connectivity index (χ3v) is 3.54. The Balaban J connectivity index is 2.37. The number of aromatic nitrogens is 1. The second-order valence-corrected chi connectivity index (χ2v) is 4.77. The average Bonchev–Trinajstić information content (AvgIpc) is 2.53. The highest BCUT2D eigenvalue weighted by molar-refractivity contribution is 5.30. The Hall–Kier alpha value is -1.10. The van der Waals surface area contributed by atoms with Crippen LogP contribution in [0.5, 0.6) is 0 Å². The minimum atomic E-state index is -4.38. The van der Waals surface area contributed by atoms with Crippen LogP contribution in [0.25, 0.3) is 0 Å². The normalized spacial score (nSPS) is 25.8. The molecule has 0 radical (unpaired) electrons. The number of aliphatic hydroxyl groups is 1. The van der Waals surface area contributed by atoms with Gasteiger partial charge in [-0.2, -0.15) is 13.2 Å². The summed E-state index contributed by atoms with van der Waals surface area (Å²) < 4.78 is 38.8.